The lowest BCUT2D eigenvalue weighted by Gasteiger charge is -2.31. The van der Waals surface area contributed by atoms with E-state index in [1.165, 1.54) is 91.5 Å². The van der Waals surface area contributed by atoms with Gasteiger partial charge >= 0.3 is 25.7 Å². The maximum atomic E-state index is 6.64. The topological polar surface area (TPSA) is 64.6 Å². The Bertz CT molecular complexity index is 1190. The van der Waals surface area contributed by atoms with Crippen LogP contribution in [0.4, 0.5) is 0 Å². The van der Waals surface area contributed by atoms with E-state index in [1.54, 1.807) is 0 Å². The predicted molar refractivity (Wildman–Crippen MR) is 235 cm³/mol. The fourth-order valence-corrected chi connectivity index (χ4v) is 20.5. The minimum absolute atomic E-state index is 0.984. The summed E-state index contributed by atoms with van der Waals surface area (Å²) in [6.07, 6.45) is 14.3. The van der Waals surface area contributed by atoms with Gasteiger partial charge in [-0.3, -0.25) is 0 Å². The first-order chi connectivity index (χ1) is 26.4. The zero-order valence-corrected chi connectivity index (χ0v) is 38.7. The van der Waals surface area contributed by atoms with E-state index in [9.17, 15) is 0 Å². The molecule has 0 unspecified atom stereocenters. The molecule has 0 fully saturated rings. The van der Waals surface area contributed by atoms with Crippen molar-refractivity contribution in [2.24, 2.45) is 0 Å². The first kappa shape index (κ1) is 46.6. The van der Waals surface area contributed by atoms with Gasteiger partial charge in [-0.2, -0.15) is 0 Å². The molecule has 302 valence electrons. The van der Waals surface area contributed by atoms with Gasteiger partial charge in [0.25, 0.3) is 0 Å². The Balaban J connectivity index is 1.53. The highest BCUT2D eigenvalue weighted by Gasteiger charge is 2.39. The second-order valence-electron chi connectivity index (χ2n) is 14.7. The molecule has 54 heavy (non-hydrogen) atoms. The molecule has 0 aromatic heterocycles. The third-order valence-corrected chi connectivity index (χ3v) is 27.0. The molecule has 0 radical (unpaired) electrons. The molecule has 0 spiro atoms. The van der Waals surface area contributed by atoms with Crippen molar-refractivity contribution < 1.29 is 31.0 Å². The molecule has 0 aliphatic carbocycles. The van der Waals surface area contributed by atoms with E-state index < -0.39 is 34.0 Å². The fourth-order valence-electron chi connectivity index (χ4n) is 8.24. The van der Waals surface area contributed by atoms with Crippen molar-refractivity contribution in [3.63, 3.8) is 0 Å². The summed E-state index contributed by atoms with van der Waals surface area (Å²) in [4.78, 5) is 0. The van der Waals surface area contributed by atoms with E-state index in [2.05, 4.69) is 91.0 Å². The third kappa shape index (κ3) is 13.7. The number of hydrogen-bond acceptors (Lipinski definition) is 7. The number of hydrogen-bond donors (Lipinski definition) is 0. The minimum atomic E-state index is -2.40. The van der Waals surface area contributed by atoms with Crippen molar-refractivity contribution in [2.45, 2.75) is 113 Å². The van der Waals surface area contributed by atoms with Gasteiger partial charge in [-0.25, -0.2) is 0 Å². The van der Waals surface area contributed by atoms with Gasteiger partial charge in [-0.15, -0.1) is 0 Å². The summed E-state index contributed by atoms with van der Waals surface area (Å²) in [5.74, 6) is 0. The molecule has 7 nitrogen and oxygen atoms in total. The maximum absolute atomic E-state index is 6.64. The Labute approximate surface area is 333 Å². The Kier molecular flexibility index (Phi) is 22.0. The molecule has 3 rings (SSSR count). The van der Waals surface area contributed by atoms with E-state index in [0.717, 1.165) is 37.4 Å². The van der Waals surface area contributed by atoms with Crippen LogP contribution in [-0.2, 0) is 31.0 Å². The number of benzene rings is 3. The molecular weight excluding hydrogens is 741 g/mol. The minimum Gasteiger partial charge on any atom is -0.420 e. The summed E-state index contributed by atoms with van der Waals surface area (Å²) in [5.41, 5.74) is 0. The van der Waals surface area contributed by atoms with Crippen LogP contribution in [0.5, 0.6) is 0 Å². The van der Waals surface area contributed by atoms with Crippen LogP contribution in [0.2, 0.25) is 36.3 Å². The smallest absolute Gasteiger partial charge is 0.371 e. The zero-order valence-electron chi connectivity index (χ0n) is 34.7. The van der Waals surface area contributed by atoms with Crippen LogP contribution in [0.3, 0.4) is 0 Å². The molecule has 3 aromatic rings. The summed E-state index contributed by atoms with van der Waals surface area (Å²) in [6, 6.07) is 38.3. The van der Waals surface area contributed by atoms with E-state index in [1.807, 2.05) is 49.8 Å². The van der Waals surface area contributed by atoms with Gasteiger partial charge in [0.2, 0.25) is 0 Å². The van der Waals surface area contributed by atoms with Crippen LogP contribution >= 0.6 is 0 Å². The van der Waals surface area contributed by atoms with E-state index in [4.69, 9.17) is 31.0 Å². The van der Waals surface area contributed by atoms with Crippen molar-refractivity contribution in [1.82, 2.24) is 0 Å². The first-order valence-corrected chi connectivity index (χ1v) is 29.0. The Morgan fingerprint density at radius 1 is 0.278 bits per heavy atom. The van der Waals surface area contributed by atoms with Crippen LogP contribution in [0.25, 0.3) is 0 Å². The lowest BCUT2D eigenvalue weighted by atomic mass is 10.2. The van der Waals surface area contributed by atoms with Crippen molar-refractivity contribution in [3.8, 4) is 0 Å². The average Bonchev–Trinajstić information content (AvgIpc) is 3.24. The summed E-state index contributed by atoms with van der Waals surface area (Å²) in [7, 11) is 3.83. The van der Waals surface area contributed by atoms with Crippen LogP contribution in [0, 0.1) is 0 Å². The molecule has 11 heteroatoms. The first-order valence-electron chi connectivity index (χ1n) is 20.4. The molecule has 0 N–H and O–H groups in total. The van der Waals surface area contributed by atoms with Crippen molar-refractivity contribution in [3.05, 3.63) is 91.0 Å². The molecular formula is C43H72O7Si4. The van der Waals surface area contributed by atoms with Gasteiger partial charge in [0.1, 0.15) is 0 Å². The Morgan fingerprint density at radius 2 is 0.500 bits per heavy atom. The van der Waals surface area contributed by atoms with Crippen LogP contribution < -0.4 is 15.6 Å². The van der Waals surface area contributed by atoms with Gasteiger partial charge in [0, 0.05) is 49.8 Å². The highest BCUT2D eigenvalue weighted by molar-refractivity contribution is 6.82. The summed E-state index contributed by atoms with van der Waals surface area (Å²) < 4.78 is 43.1. The van der Waals surface area contributed by atoms with E-state index in [0.29, 0.717) is 0 Å². The summed E-state index contributed by atoms with van der Waals surface area (Å²) in [5, 5.41) is 3.66. The number of unbranched alkanes of at least 4 members (excludes halogenated alkanes) is 9. The van der Waals surface area contributed by atoms with E-state index in [-0.39, 0.29) is 0 Å². The van der Waals surface area contributed by atoms with Crippen molar-refractivity contribution >= 4 is 49.6 Å². The molecule has 0 amide bonds. The molecule has 3 aromatic carbocycles. The Hall–Kier alpha value is -1.75. The van der Waals surface area contributed by atoms with Gasteiger partial charge < -0.3 is 31.0 Å². The van der Waals surface area contributed by atoms with Crippen LogP contribution in [0.1, 0.15) is 77.0 Å². The second-order valence-corrected chi connectivity index (χ2v) is 29.2. The SMILES string of the molecule is CO[Si](CCCCCC[Si](OC)(OC)c1ccccc1)(CCCCCC[Si](OC)(OC)c1ccccc1)CCCCCC[Si](OC)(OC)c1ccccc1. The monoisotopic (exact) mass is 812 g/mol. The van der Waals surface area contributed by atoms with Gasteiger partial charge in [0.05, 0.1) is 0 Å². The van der Waals surface area contributed by atoms with Gasteiger partial charge in [0.15, 0.2) is 8.32 Å². The normalized spacial score (nSPS) is 12.7. The lowest BCUT2D eigenvalue weighted by Crippen LogP contribution is -2.52. The molecule has 0 bridgehead atoms. The molecule has 0 heterocycles. The quantitative estimate of drug-likeness (QED) is 0.0475. The molecule has 0 saturated carbocycles. The second kappa shape index (κ2) is 25.5. The molecule has 0 saturated heterocycles. The fraction of sp³-hybridized carbons (Fsp3) is 0.581. The molecule has 0 aliphatic heterocycles. The van der Waals surface area contributed by atoms with E-state index >= 15 is 0 Å². The zero-order chi connectivity index (χ0) is 39.0. The number of rotatable bonds is 31. The molecule has 0 aliphatic rings. The lowest BCUT2D eigenvalue weighted by molar-refractivity contribution is 0.255. The van der Waals surface area contributed by atoms with Gasteiger partial charge in [-0.1, -0.05) is 168 Å². The van der Waals surface area contributed by atoms with Crippen LogP contribution in [-0.4, -0.2) is 83.8 Å². The van der Waals surface area contributed by atoms with Gasteiger partial charge in [-0.05, 0) is 51.8 Å². The highest BCUT2D eigenvalue weighted by Crippen LogP contribution is 2.31. The standard InChI is InChI=1S/C43H72O7Si4/c1-44-51(35-23-8-11-26-38-52(45-2,46-3)41-29-17-14-18-30-41,36-24-9-12-27-39-53(47-4,48-5)42-31-19-15-20-32-42)37-25-10-13-28-40-54(49-6,50-7)43-33-21-16-22-34-43/h14-22,29-34H,8-13,23-28,35-40H2,1-7H3. The highest BCUT2D eigenvalue weighted by atomic mass is 28.4. The molecule has 0 atom stereocenters. The largest absolute Gasteiger partial charge is 0.420 e. The summed E-state index contributed by atoms with van der Waals surface area (Å²) in [6.45, 7) is 0. The van der Waals surface area contributed by atoms with Crippen molar-refractivity contribution in [2.75, 3.05) is 49.8 Å². The third-order valence-electron chi connectivity index (χ3n) is 11.7. The summed E-state index contributed by atoms with van der Waals surface area (Å²) >= 11 is 0. The Morgan fingerprint density at radius 3 is 0.704 bits per heavy atom. The maximum Gasteiger partial charge on any atom is 0.371 e. The van der Waals surface area contributed by atoms with Crippen LogP contribution in [0.15, 0.2) is 91.0 Å². The average molecular weight is 813 g/mol. The predicted octanol–water partition coefficient (Wildman–Crippen LogP) is 9.19. The van der Waals surface area contributed by atoms with Crippen molar-refractivity contribution in [1.29, 1.82) is 0 Å².